The maximum absolute atomic E-state index is 0. The first-order valence-electron chi connectivity index (χ1n) is 0. The van der Waals surface area contributed by atoms with E-state index in [9.17, 15) is 0 Å². The summed E-state index contributed by atoms with van der Waals surface area (Å²) >= 11 is 0. The van der Waals surface area contributed by atoms with Crippen LogP contribution in [0.3, 0.4) is 0 Å². The molecule has 0 bridgehead atoms. The average Bonchev–Trinajstić information content (AvgIpc) is 0. The van der Waals surface area contributed by atoms with Gasteiger partial charge in [0.05, 0.1) is 0 Å². The van der Waals surface area contributed by atoms with Crippen molar-refractivity contribution in [3.8, 4) is 0 Å². The van der Waals surface area contributed by atoms with Crippen molar-refractivity contribution in [3.63, 3.8) is 0 Å². The van der Waals surface area contributed by atoms with Crippen molar-refractivity contribution in [1.29, 1.82) is 0 Å². The maximum Gasteiger partial charge on any atom is 0 e. The molecule has 0 aliphatic carbocycles. The first-order valence-corrected chi connectivity index (χ1v) is 0. The molecule has 0 amide bonds. The first kappa shape index (κ1) is 900. The Morgan fingerprint density at radius 2 is 0.400 bits per heavy atom. The molecule has 0 radical (unpaired) electrons. The summed E-state index contributed by atoms with van der Waals surface area (Å²) in [6.45, 7) is 0. The Kier molecular flexibility index (Phi) is 78000. The van der Waals surface area contributed by atoms with E-state index in [-0.39, 0.29) is 41.1 Å². The zero-order valence-electron chi connectivity index (χ0n) is 3.14. The molecule has 0 heterocycles. The second kappa shape index (κ2) is 433. The van der Waals surface area contributed by atoms with Crippen LogP contribution in [0.2, 0.25) is 0 Å². The molecule has 0 saturated carbocycles. The third kappa shape index (κ3) is 212. The Balaban J connectivity index is 0. The zero-order chi connectivity index (χ0) is 0. The van der Waals surface area contributed by atoms with Gasteiger partial charge >= 0.3 is 0 Å². The minimum atomic E-state index is 0. The van der Waals surface area contributed by atoms with Gasteiger partial charge in [-0.2, -0.15) is 0 Å². The predicted molar refractivity (Wildman–Crippen MR) is 20.1 cm³/mol. The van der Waals surface area contributed by atoms with E-state index in [4.69, 9.17) is 0 Å². The van der Waals surface area contributed by atoms with Crippen LogP contribution in [0, 0.1) is 0 Å². The molecular formula is H12N4Ni. The van der Waals surface area contributed by atoms with Gasteiger partial charge < -0.3 is 24.6 Å². The van der Waals surface area contributed by atoms with Crippen molar-refractivity contribution in [2.24, 2.45) is 0 Å². The first-order chi connectivity index (χ1) is 0. The molecule has 0 aromatic heterocycles. The van der Waals surface area contributed by atoms with Crippen LogP contribution >= 0.6 is 0 Å². The van der Waals surface area contributed by atoms with Crippen LogP contribution in [0.4, 0.5) is 0 Å². The molecular weight excluding hydrogens is 115 g/mol. The van der Waals surface area contributed by atoms with E-state index in [1.54, 1.807) is 0 Å². The largest absolute Gasteiger partial charge is 0.344 e. The van der Waals surface area contributed by atoms with Gasteiger partial charge in [-0.1, -0.05) is 0 Å². The Labute approximate surface area is 42.0 Å². The minimum Gasteiger partial charge on any atom is -0.344 e. The van der Waals surface area contributed by atoms with E-state index in [1.165, 1.54) is 0 Å². The molecule has 0 spiro atoms. The van der Waals surface area contributed by atoms with Crippen molar-refractivity contribution >= 4 is 0 Å². The summed E-state index contributed by atoms with van der Waals surface area (Å²) in [5, 5.41) is 0. The van der Waals surface area contributed by atoms with Crippen LogP contribution < -0.4 is 24.6 Å². The van der Waals surface area contributed by atoms with Gasteiger partial charge in [-0.3, -0.25) is 0 Å². The summed E-state index contributed by atoms with van der Waals surface area (Å²) in [7, 11) is 0. The fourth-order valence-electron chi connectivity index (χ4n) is 0. The van der Waals surface area contributed by atoms with Crippen LogP contribution in [0.5, 0.6) is 0 Å². The van der Waals surface area contributed by atoms with E-state index in [0.717, 1.165) is 0 Å². The van der Waals surface area contributed by atoms with Gasteiger partial charge in [0.2, 0.25) is 0 Å². The Morgan fingerprint density at radius 3 is 0.400 bits per heavy atom. The third-order valence-corrected chi connectivity index (χ3v) is 0. The van der Waals surface area contributed by atoms with Crippen LogP contribution in [0.1, 0.15) is 0 Å². The fraction of sp³-hybridized carbons (Fsp3) is 0. The summed E-state index contributed by atoms with van der Waals surface area (Å²) in [5.74, 6) is 0. The number of rotatable bonds is 0. The SMILES string of the molecule is N.N.N.N.[Ni]. The van der Waals surface area contributed by atoms with E-state index in [0.29, 0.717) is 0 Å². The molecule has 0 fully saturated rings. The van der Waals surface area contributed by atoms with E-state index in [1.807, 2.05) is 0 Å². The van der Waals surface area contributed by atoms with Crippen LogP contribution in [-0.4, -0.2) is 0 Å². The quantitative estimate of drug-likeness (QED) is 0.354. The maximum atomic E-state index is 0. The molecule has 4 nitrogen and oxygen atoms in total. The summed E-state index contributed by atoms with van der Waals surface area (Å²) in [5.41, 5.74) is 0. The predicted octanol–water partition coefficient (Wildman–Crippen LogP) is 0.645. The van der Waals surface area contributed by atoms with Crippen molar-refractivity contribution in [1.82, 2.24) is 24.6 Å². The number of hydrogen-bond donors (Lipinski definition) is 4. The standard InChI is InChI=1S/4H3N.Ni/h4*1H3;. The third-order valence-electron chi connectivity index (χ3n) is 0. The Morgan fingerprint density at radius 1 is 0.400 bits per heavy atom. The molecule has 0 unspecified atom stereocenters. The molecule has 0 aliphatic heterocycles. The van der Waals surface area contributed by atoms with E-state index in [2.05, 4.69) is 0 Å². The summed E-state index contributed by atoms with van der Waals surface area (Å²) < 4.78 is 0. The molecule has 5 heavy (non-hydrogen) atoms. The van der Waals surface area contributed by atoms with Crippen LogP contribution in [0.15, 0.2) is 0 Å². The molecule has 0 aromatic carbocycles. The monoisotopic (exact) mass is 126 g/mol. The van der Waals surface area contributed by atoms with Gasteiger partial charge in [0.15, 0.2) is 0 Å². The van der Waals surface area contributed by atoms with Gasteiger partial charge in [0.25, 0.3) is 0 Å². The van der Waals surface area contributed by atoms with Gasteiger partial charge in [0, 0.05) is 16.5 Å². The average molecular weight is 127 g/mol. The summed E-state index contributed by atoms with van der Waals surface area (Å²) in [4.78, 5) is 0. The Bertz CT molecular complexity index is 3.61. The van der Waals surface area contributed by atoms with E-state index < -0.39 is 0 Å². The van der Waals surface area contributed by atoms with Gasteiger partial charge in [-0.25, -0.2) is 0 Å². The van der Waals surface area contributed by atoms with Crippen LogP contribution in [0.25, 0.3) is 0 Å². The van der Waals surface area contributed by atoms with Crippen LogP contribution in [-0.2, 0) is 16.5 Å². The molecule has 0 aromatic rings. The fourth-order valence-corrected chi connectivity index (χ4v) is 0. The zero-order valence-corrected chi connectivity index (χ0v) is 4.13. The van der Waals surface area contributed by atoms with Gasteiger partial charge in [0.1, 0.15) is 0 Å². The van der Waals surface area contributed by atoms with Crippen molar-refractivity contribution in [3.05, 3.63) is 0 Å². The second-order valence-corrected chi connectivity index (χ2v) is 0. The minimum absolute atomic E-state index is 0. The van der Waals surface area contributed by atoms with Crippen molar-refractivity contribution in [2.75, 3.05) is 0 Å². The Hall–Kier alpha value is 0.334. The molecule has 0 aliphatic rings. The molecule has 0 saturated heterocycles. The van der Waals surface area contributed by atoms with Crippen molar-refractivity contribution in [2.45, 2.75) is 0 Å². The second-order valence-electron chi connectivity index (χ2n) is 0. The normalized spacial score (nSPS) is 0. The molecule has 42 valence electrons. The van der Waals surface area contributed by atoms with E-state index >= 15 is 0 Å². The molecule has 0 rings (SSSR count). The number of hydrogen-bond acceptors (Lipinski definition) is 4. The molecule has 0 atom stereocenters. The summed E-state index contributed by atoms with van der Waals surface area (Å²) in [6.07, 6.45) is 0. The molecule has 5 heteroatoms. The topological polar surface area (TPSA) is 140 Å². The molecule has 12 N–H and O–H groups in total. The van der Waals surface area contributed by atoms with Gasteiger partial charge in [-0.15, -0.1) is 0 Å². The van der Waals surface area contributed by atoms with Gasteiger partial charge in [-0.05, 0) is 0 Å². The smallest absolute Gasteiger partial charge is 0 e. The van der Waals surface area contributed by atoms with Crippen molar-refractivity contribution < 1.29 is 16.5 Å². The summed E-state index contributed by atoms with van der Waals surface area (Å²) in [6, 6.07) is 0.